The predicted molar refractivity (Wildman–Crippen MR) is 186 cm³/mol. The third kappa shape index (κ3) is 8.29. The third-order valence-corrected chi connectivity index (χ3v) is 10.7. The van der Waals surface area contributed by atoms with Crippen LogP contribution in [0.1, 0.15) is 48.2 Å². The van der Waals surface area contributed by atoms with Gasteiger partial charge in [-0.3, -0.25) is 9.10 Å². The number of hydrogen-bond acceptors (Lipinski definition) is 9. The molecule has 4 unspecified atom stereocenters. The van der Waals surface area contributed by atoms with Crippen molar-refractivity contribution in [3.8, 4) is 0 Å². The van der Waals surface area contributed by atoms with Crippen molar-refractivity contribution in [1.29, 1.82) is 0 Å². The standard InChI is InChI=1S/C37H43N3O9S/c1-24(2)21-40(50(44,45)30-13-14-33-32(18-30)27(22-47-33)19-38-35(42)26-8-4-3-5-9-26)28-10-6-7-25(17-28)11-12-29(41)20-39-37(43)49-34-23-48-36-31(34)15-16-46-36/h3-10,13-14,17-18,22,24,29,31,34,36,41H,11-12,15-16,19-21,23H2,1-2H3,(H,38,42)(H,39,43). The Balaban J connectivity index is 1.10. The lowest BCUT2D eigenvalue weighted by Gasteiger charge is -2.27. The number of aryl methyl sites for hydroxylation is 1. The minimum Gasteiger partial charge on any atom is -0.464 e. The van der Waals surface area contributed by atoms with Crippen LogP contribution in [0.5, 0.6) is 0 Å². The Kier molecular flexibility index (Phi) is 11.1. The first-order chi connectivity index (χ1) is 24.1. The highest BCUT2D eigenvalue weighted by atomic mass is 32.2. The molecule has 1 aromatic heterocycles. The van der Waals surface area contributed by atoms with Gasteiger partial charge in [-0.2, -0.15) is 0 Å². The summed E-state index contributed by atoms with van der Waals surface area (Å²) in [4.78, 5) is 25.1. The molecule has 6 rings (SSSR count). The van der Waals surface area contributed by atoms with Crippen LogP contribution in [0.3, 0.4) is 0 Å². The van der Waals surface area contributed by atoms with Gasteiger partial charge in [0.05, 0.1) is 42.1 Å². The summed E-state index contributed by atoms with van der Waals surface area (Å²) in [6.45, 7) is 5.19. The Morgan fingerprint density at radius 3 is 2.64 bits per heavy atom. The summed E-state index contributed by atoms with van der Waals surface area (Å²) in [6.07, 6.45) is 0.959. The number of carbonyl (C=O) groups excluding carboxylic acids is 2. The molecule has 0 aliphatic carbocycles. The number of nitrogens with zero attached hydrogens (tertiary/aromatic N) is 1. The van der Waals surface area contributed by atoms with Crippen molar-refractivity contribution in [3.05, 3.63) is 95.7 Å². The molecule has 2 saturated heterocycles. The summed E-state index contributed by atoms with van der Waals surface area (Å²) >= 11 is 0. The van der Waals surface area contributed by atoms with E-state index in [9.17, 15) is 23.1 Å². The van der Waals surface area contributed by atoms with E-state index in [-0.39, 0.29) is 54.7 Å². The van der Waals surface area contributed by atoms with Crippen LogP contribution in [0.2, 0.25) is 0 Å². The van der Waals surface area contributed by atoms with Crippen LogP contribution in [0.25, 0.3) is 11.0 Å². The number of alkyl carbamates (subject to hydrolysis) is 1. The van der Waals surface area contributed by atoms with E-state index in [0.717, 1.165) is 12.0 Å². The van der Waals surface area contributed by atoms with Crippen molar-refractivity contribution in [2.24, 2.45) is 11.8 Å². The number of nitrogens with one attached hydrogen (secondary N) is 2. The zero-order chi connectivity index (χ0) is 35.3. The molecule has 13 heteroatoms. The lowest BCUT2D eigenvalue weighted by atomic mass is 10.0. The van der Waals surface area contributed by atoms with Gasteiger partial charge in [0.2, 0.25) is 0 Å². The summed E-state index contributed by atoms with van der Waals surface area (Å²) in [6, 6.07) is 20.8. The second kappa shape index (κ2) is 15.6. The number of benzene rings is 3. The van der Waals surface area contributed by atoms with Crippen LogP contribution in [-0.4, -0.2) is 70.3 Å². The fourth-order valence-corrected chi connectivity index (χ4v) is 7.90. The van der Waals surface area contributed by atoms with Gasteiger partial charge in [0.1, 0.15) is 11.7 Å². The van der Waals surface area contributed by atoms with E-state index < -0.39 is 22.2 Å². The van der Waals surface area contributed by atoms with Crippen LogP contribution in [-0.2, 0) is 37.2 Å². The zero-order valence-corrected chi connectivity index (χ0v) is 28.9. The molecule has 3 aromatic carbocycles. The second-order valence-corrected chi connectivity index (χ2v) is 15.0. The number of fused-ring (bicyclic) bond motifs is 2. The molecule has 2 aliphatic heterocycles. The molecule has 0 radical (unpaired) electrons. The van der Waals surface area contributed by atoms with E-state index in [1.165, 1.54) is 16.6 Å². The zero-order valence-electron chi connectivity index (χ0n) is 28.1. The fraction of sp³-hybridized carbons (Fsp3) is 0.405. The van der Waals surface area contributed by atoms with Crippen molar-refractivity contribution in [2.45, 2.75) is 63.0 Å². The molecule has 3 N–H and O–H groups in total. The van der Waals surface area contributed by atoms with Crippen LogP contribution in [0.15, 0.2) is 88.4 Å². The van der Waals surface area contributed by atoms with Crippen molar-refractivity contribution in [3.63, 3.8) is 0 Å². The predicted octanol–water partition coefficient (Wildman–Crippen LogP) is 5.00. The molecule has 12 nitrogen and oxygen atoms in total. The maximum atomic E-state index is 14.2. The lowest BCUT2D eigenvalue weighted by molar-refractivity contribution is -0.0907. The summed E-state index contributed by atoms with van der Waals surface area (Å²) in [7, 11) is -4.01. The van der Waals surface area contributed by atoms with Crippen LogP contribution in [0.4, 0.5) is 10.5 Å². The lowest BCUT2D eigenvalue weighted by Crippen LogP contribution is -2.37. The normalized spacial score (nSPS) is 19.3. The minimum absolute atomic E-state index is 0.0129. The molecule has 4 aromatic rings. The maximum Gasteiger partial charge on any atom is 0.407 e. The first-order valence-electron chi connectivity index (χ1n) is 16.9. The van der Waals surface area contributed by atoms with Crippen LogP contribution in [0, 0.1) is 11.8 Å². The number of ether oxygens (including phenoxy) is 3. The van der Waals surface area contributed by atoms with Crippen LogP contribution >= 0.6 is 0 Å². The Hall–Kier alpha value is -4.43. The first-order valence-corrected chi connectivity index (χ1v) is 18.3. The minimum atomic E-state index is -4.01. The molecule has 2 fully saturated rings. The molecule has 0 saturated carbocycles. The number of rotatable bonds is 14. The molecule has 2 aliphatic rings. The smallest absolute Gasteiger partial charge is 0.407 e. The first kappa shape index (κ1) is 35.4. The van der Waals surface area contributed by atoms with E-state index in [0.29, 0.717) is 53.8 Å². The highest BCUT2D eigenvalue weighted by Gasteiger charge is 2.43. The molecule has 4 atom stereocenters. The largest absolute Gasteiger partial charge is 0.464 e. The molecule has 50 heavy (non-hydrogen) atoms. The van der Waals surface area contributed by atoms with Gasteiger partial charge in [0.15, 0.2) is 6.29 Å². The molecular weight excluding hydrogens is 662 g/mol. The summed E-state index contributed by atoms with van der Waals surface area (Å²) in [5.74, 6) is -0.196. The van der Waals surface area contributed by atoms with E-state index in [1.54, 1.807) is 48.5 Å². The van der Waals surface area contributed by atoms with E-state index >= 15 is 0 Å². The van der Waals surface area contributed by atoms with E-state index in [1.807, 2.05) is 32.0 Å². The van der Waals surface area contributed by atoms with Gasteiger partial charge in [-0.1, -0.05) is 44.2 Å². The number of aliphatic hydroxyl groups excluding tert-OH is 1. The maximum absolute atomic E-state index is 14.2. The molecular formula is C37H43N3O9S. The summed E-state index contributed by atoms with van der Waals surface area (Å²) in [5.41, 5.74) is 3.03. The van der Waals surface area contributed by atoms with Gasteiger partial charge in [0, 0.05) is 36.1 Å². The average Bonchev–Trinajstić information content (AvgIpc) is 3.85. The van der Waals surface area contributed by atoms with E-state index in [2.05, 4.69) is 10.6 Å². The average molecular weight is 706 g/mol. The number of anilines is 1. The Morgan fingerprint density at radius 1 is 1.02 bits per heavy atom. The number of amides is 2. The van der Waals surface area contributed by atoms with Gasteiger partial charge < -0.3 is 34.4 Å². The monoisotopic (exact) mass is 705 g/mol. The third-order valence-electron chi connectivity index (χ3n) is 8.91. The van der Waals surface area contributed by atoms with Gasteiger partial charge >= 0.3 is 6.09 Å². The molecule has 2 amide bonds. The molecule has 0 spiro atoms. The Labute approximate surface area is 291 Å². The molecule has 0 bridgehead atoms. The van der Waals surface area contributed by atoms with Crippen LogP contribution < -0.4 is 14.9 Å². The van der Waals surface area contributed by atoms with Crippen molar-refractivity contribution >= 4 is 38.7 Å². The Morgan fingerprint density at radius 2 is 1.84 bits per heavy atom. The fourth-order valence-electron chi connectivity index (χ4n) is 6.26. The summed E-state index contributed by atoms with van der Waals surface area (Å²) in [5, 5.41) is 16.7. The highest BCUT2D eigenvalue weighted by molar-refractivity contribution is 7.92. The Bertz CT molecular complexity index is 1900. The number of aliphatic hydroxyl groups is 1. The number of carbonyl (C=O) groups is 2. The number of hydrogen-bond donors (Lipinski definition) is 3. The van der Waals surface area contributed by atoms with Gasteiger partial charge in [-0.25, -0.2) is 13.2 Å². The number of furan rings is 1. The van der Waals surface area contributed by atoms with Crippen molar-refractivity contribution in [1.82, 2.24) is 10.6 Å². The quantitative estimate of drug-likeness (QED) is 0.164. The van der Waals surface area contributed by atoms with Crippen molar-refractivity contribution in [2.75, 3.05) is 30.6 Å². The van der Waals surface area contributed by atoms with Crippen molar-refractivity contribution < 1.29 is 41.7 Å². The SMILES string of the molecule is CC(C)CN(c1cccc(CCC(O)CNC(=O)OC2COC3OCCC23)c1)S(=O)(=O)c1ccc2occ(CNC(=O)c3ccccc3)c2c1. The molecule has 3 heterocycles. The van der Waals surface area contributed by atoms with Gasteiger partial charge in [0.25, 0.3) is 15.9 Å². The van der Waals surface area contributed by atoms with E-state index in [4.69, 9.17) is 18.6 Å². The molecule has 266 valence electrons. The van der Waals surface area contributed by atoms with Gasteiger partial charge in [-0.05, 0) is 73.2 Å². The topological polar surface area (TPSA) is 157 Å². The second-order valence-electron chi connectivity index (χ2n) is 13.1. The van der Waals surface area contributed by atoms with Gasteiger partial charge in [-0.15, -0.1) is 0 Å². The summed E-state index contributed by atoms with van der Waals surface area (Å²) < 4.78 is 52.0. The highest BCUT2D eigenvalue weighted by Crippen LogP contribution is 2.33. The number of sulfonamides is 1.